The normalized spacial score (nSPS) is 15.7. The number of rotatable bonds is 5. The van der Waals surface area contributed by atoms with E-state index < -0.39 is 26.6 Å². The molecule has 3 heteroatoms. The third-order valence-corrected chi connectivity index (χ3v) is 7.07. The van der Waals surface area contributed by atoms with Crippen molar-refractivity contribution < 1.29 is 8.78 Å². The van der Waals surface area contributed by atoms with Gasteiger partial charge in [0, 0.05) is 0 Å². The second-order valence-corrected chi connectivity index (χ2v) is 8.84. The molecule has 0 amide bonds. The van der Waals surface area contributed by atoms with Gasteiger partial charge in [-0.2, -0.15) is 0 Å². The SMILES string of the molecule is CCC=CC1=CC=C(c2ccc(-c3ccc(CC)cc3)c(F)c2F)[SeH2]1. The average molecular weight is 403 g/mol. The minimum absolute atomic E-state index is 0.321. The van der Waals surface area contributed by atoms with E-state index in [1.165, 1.54) is 10.0 Å². The standard InChI is InChI=1S/C22H22F2Se/c1-3-5-6-17-11-14-20(25-17)19-13-12-18(21(23)22(19)24)16-9-7-15(4-2)8-10-16/h5-14H,3-4,25H2,1-2H3. The van der Waals surface area contributed by atoms with Crippen molar-refractivity contribution in [3.05, 3.63) is 87.9 Å². The number of hydrogen-bond donors (Lipinski definition) is 0. The number of benzene rings is 2. The van der Waals surface area contributed by atoms with E-state index in [1.54, 1.807) is 12.1 Å². The van der Waals surface area contributed by atoms with Gasteiger partial charge < -0.3 is 0 Å². The molecule has 0 unspecified atom stereocenters. The van der Waals surface area contributed by atoms with Crippen molar-refractivity contribution >= 4 is 19.4 Å². The van der Waals surface area contributed by atoms with Crippen LogP contribution in [-0.2, 0) is 6.42 Å². The maximum atomic E-state index is 14.7. The fraction of sp³-hybridized carbons (Fsp3) is 0.182. The Labute approximate surface area is 154 Å². The van der Waals surface area contributed by atoms with Gasteiger partial charge in [0.15, 0.2) is 0 Å². The van der Waals surface area contributed by atoms with Crippen molar-refractivity contribution in [1.29, 1.82) is 0 Å². The van der Waals surface area contributed by atoms with Crippen LogP contribution in [0.4, 0.5) is 8.78 Å². The zero-order valence-corrected chi connectivity index (χ0v) is 16.5. The Balaban J connectivity index is 1.87. The molecule has 0 aliphatic carbocycles. The summed E-state index contributed by atoms with van der Waals surface area (Å²) in [5.74, 6) is -1.49. The van der Waals surface area contributed by atoms with E-state index in [9.17, 15) is 8.78 Å². The first-order valence-electron chi connectivity index (χ1n) is 8.57. The molecule has 0 bridgehead atoms. The molecule has 1 aliphatic rings. The number of allylic oxidation sites excluding steroid dienone is 5. The monoisotopic (exact) mass is 404 g/mol. The van der Waals surface area contributed by atoms with Crippen LogP contribution in [0.5, 0.6) is 0 Å². The van der Waals surface area contributed by atoms with Crippen molar-refractivity contribution in [1.82, 2.24) is 0 Å². The molecule has 130 valence electrons. The third kappa shape index (κ3) is 3.84. The molecule has 2 aromatic rings. The summed E-state index contributed by atoms with van der Waals surface area (Å²) >= 11 is -0.602. The van der Waals surface area contributed by atoms with Gasteiger partial charge in [0.2, 0.25) is 0 Å². The first kappa shape index (κ1) is 17.8. The predicted molar refractivity (Wildman–Crippen MR) is 105 cm³/mol. The molecule has 0 fully saturated rings. The Morgan fingerprint density at radius 2 is 1.56 bits per heavy atom. The Kier molecular flexibility index (Phi) is 5.67. The van der Waals surface area contributed by atoms with Crippen LogP contribution in [0, 0.1) is 11.6 Å². The van der Waals surface area contributed by atoms with Crippen LogP contribution in [0.15, 0.2) is 65.2 Å². The fourth-order valence-electron chi connectivity index (χ4n) is 2.81. The topological polar surface area (TPSA) is 0 Å². The summed E-state index contributed by atoms with van der Waals surface area (Å²) in [5, 5.41) is 0. The van der Waals surface area contributed by atoms with Gasteiger partial charge in [-0.15, -0.1) is 0 Å². The molecule has 0 saturated carbocycles. The Morgan fingerprint density at radius 1 is 0.880 bits per heavy atom. The molecule has 0 N–H and O–H groups in total. The van der Waals surface area contributed by atoms with Gasteiger partial charge in [0.25, 0.3) is 0 Å². The first-order valence-corrected chi connectivity index (χ1v) is 10.7. The van der Waals surface area contributed by atoms with E-state index >= 15 is 0 Å². The molecule has 1 aliphatic heterocycles. The molecule has 3 rings (SSSR count). The summed E-state index contributed by atoms with van der Waals surface area (Å²) in [7, 11) is 0. The van der Waals surface area contributed by atoms with Crippen molar-refractivity contribution in [2.45, 2.75) is 26.7 Å². The quantitative estimate of drug-likeness (QED) is 0.573. The second-order valence-electron chi connectivity index (χ2n) is 5.98. The summed E-state index contributed by atoms with van der Waals surface area (Å²) in [5.41, 5.74) is 2.62. The van der Waals surface area contributed by atoms with Gasteiger partial charge in [-0.3, -0.25) is 0 Å². The molecule has 0 saturated heterocycles. The van der Waals surface area contributed by atoms with Crippen LogP contribution in [0.1, 0.15) is 31.4 Å². The predicted octanol–water partition coefficient (Wildman–Crippen LogP) is 5.57. The van der Waals surface area contributed by atoms with Gasteiger partial charge in [-0.1, -0.05) is 0 Å². The molecular weight excluding hydrogens is 381 g/mol. The van der Waals surface area contributed by atoms with Crippen molar-refractivity contribution in [2.75, 3.05) is 0 Å². The molecule has 0 atom stereocenters. The van der Waals surface area contributed by atoms with Gasteiger partial charge in [0.1, 0.15) is 0 Å². The van der Waals surface area contributed by atoms with E-state index in [4.69, 9.17) is 0 Å². The molecule has 2 aromatic carbocycles. The van der Waals surface area contributed by atoms with Crippen LogP contribution in [0.3, 0.4) is 0 Å². The van der Waals surface area contributed by atoms with Gasteiger partial charge in [0.05, 0.1) is 0 Å². The van der Waals surface area contributed by atoms with Crippen molar-refractivity contribution in [2.24, 2.45) is 0 Å². The van der Waals surface area contributed by atoms with Crippen LogP contribution in [0.2, 0.25) is 0 Å². The fourth-order valence-corrected chi connectivity index (χ4v) is 5.27. The zero-order chi connectivity index (χ0) is 17.8. The van der Waals surface area contributed by atoms with Crippen LogP contribution >= 0.6 is 0 Å². The Bertz CT molecular complexity index is 858. The summed E-state index contributed by atoms with van der Waals surface area (Å²) in [6.45, 7) is 4.15. The van der Waals surface area contributed by atoms with Gasteiger partial charge >= 0.3 is 154 Å². The van der Waals surface area contributed by atoms with Gasteiger partial charge in [-0.25, -0.2) is 0 Å². The van der Waals surface area contributed by atoms with E-state index in [2.05, 4.69) is 26.0 Å². The Hall–Kier alpha value is -1.96. The average Bonchev–Trinajstić information content (AvgIpc) is 3.11. The summed E-state index contributed by atoms with van der Waals surface area (Å²) in [4.78, 5) is 0. The second kappa shape index (κ2) is 7.95. The van der Waals surface area contributed by atoms with Crippen molar-refractivity contribution in [3.8, 4) is 11.1 Å². The zero-order valence-electron chi connectivity index (χ0n) is 14.4. The number of halogens is 2. The molecule has 0 radical (unpaired) electrons. The molecular formula is C22H22F2Se. The van der Waals surface area contributed by atoms with E-state index in [1.807, 2.05) is 36.4 Å². The summed E-state index contributed by atoms with van der Waals surface area (Å²) < 4.78 is 31.5. The third-order valence-electron chi connectivity index (χ3n) is 4.29. The minimum atomic E-state index is -0.758. The summed E-state index contributed by atoms with van der Waals surface area (Å²) in [6.07, 6.45) is 10.1. The van der Waals surface area contributed by atoms with E-state index in [-0.39, 0.29) is 0 Å². The van der Waals surface area contributed by atoms with E-state index in [0.29, 0.717) is 16.7 Å². The maximum absolute atomic E-state index is 14.7. The first-order chi connectivity index (χ1) is 12.1. The number of hydrogen-bond acceptors (Lipinski definition) is 0. The number of aryl methyl sites for hydroxylation is 1. The summed E-state index contributed by atoms with van der Waals surface area (Å²) in [6, 6.07) is 11.0. The van der Waals surface area contributed by atoms with Gasteiger partial charge in [-0.05, 0) is 0 Å². The van der Waals surface area contributed by atoms with Crippen LogP contribution in [-0.4, -0.2) is 15.0 Å². The molecule has 1 heterocycles. The molecule has 0 aromatic heterocycles. The van der Waals surface area contributed by atoms with Crippen molar-refractivity contribution in [3.63, 3.8) is 0 Å². The van der Waals surface area contributed by atoms with Crippen LogP contribution < -0.4 is 0 Å². The molecule has 0 nitrogen and oxygen atoms in total. The molecule has 25 heavy (non-hydrogen) atoms. The van der Waals surface area contributed by atoms with E-state index in [0.717, 1.165) is 17.3 Å². The molecule has 0 spiro atoms. The van der Waals surface area contributed by atoms with Crippen LogP contribution in [0.25, 0.3) is 15.6 Å². The Morgan fingerprint density at radius 3 is 2.24 bits per heavy atom.